The summed E-state index contributed by atoms with van der Waals surface area (Å²) in [4.78, 5) is 17.8. The number of hydrogen-bond donors (Lipinski definition) is 0. The molecule has 14 heteroatoms. The molecule has 0 N–H and O–H groups in total. The molecule has 1 aliphatic rings. The number of halogens is 7. The zero-order chi connectivity index (χ0) is 26.2. The number of alkyl halides is 6. The lowest BCUT2D eigenvalue weighted by molar-refractivity contribution is -0.274. The second-order valence-electron chi connectivity index (χ2n) is 8.70. The highest BCUT2D eigenvalue weighted by atomic mass is 35.5. The molecule has 1 saturated heterocycles. The summed E-state index contributed by atoms with van der Waals surface area (Å²) in [7, 11) is 0. The number of aromatic nitrogens is 1. The van der Waals surface area contributed by atoms with Crippen LogP contribution in [0, 0.1) is 0 Å². The summed E-state index contributed by atoms with van der Waals surface area (Å²) in [5.41, 5.74) is -5.30. The molecule has 0 atom stereocenters. The highest BCUT2D eigenvalue weighted by molar-refractivity contribution is 8.00. The van der Waals surface area contributed by atoms with Gasteiger partial charge in [-0.2, -0.15) is 13.2 Å². The summed E-state index contributed by atoms with van der Waals surface area (Å²) >= 11 is 6.83. The van der Waals surface area contributed by atoms with Gasteiger partial charge in [0, 0.05) is 29.5 Å². The molecule has 1 amide bonds. The number of likely N-dealkylation sites (tertiary alicyclic amines) is 1. The van der Waals surface area contributed by atoms with Gasteiger partial charge < -0.3 is 14.4 Å². The van der Waals surface area contributed by atoms with E-state index in [-0.39, 0.29) is 21.5 Å². The SMILES string of the molecule is CC(C)(C)OC(=O)N1CCC(c2nc(-c3cc(OC(F)(F)F)cc(SC(F)(F)F)c3)c(Cl)s2)CC1. The largest absolute Gasteiger partial charge is 0.573 e. The Kier molecular flexibility index (Phi) is 8.12. The van der Waals surface area contributed by atoms with Gasteiger partial charge in [-0.1, -0.05) is 11.6 Å². The monoisotopic (exact) mass is 562 g/mol. The number of piperidine rings is 1. The van der Waals surface area contributed by atoms with Crippen LogP contribution in [0.5, 0.6) is 5.75 Å². The minimum atomic E-state index is -5.09. The third kappa shape index (κ3) is 8.35. The van der Waals surface area contributed by atoms with Crippen molar-refractivity contribution in [2.24, 2.45) is 0 Å². The Labute approximate surface area is 210 Å². The standard InChI is InChI=1S/C21H21ClF6N2O3S2/c1-19(2,3)33-18(31)30-6-4-11(5-7-30)17-29-15(16(22)34-17)12-8-13(32-20(23,24)25)10-14(9-12)35-21(26,27)28/h8-11H,4-7H2,1-3H3. The van der Waals surface area contributed by atoms with Crippen LogP contribution in [0.1, 0.15) is 44.5 Å². The molecule has 35 heavy (non-hydrogen) atoms. The van der Waals surface area contributed by atoms with Crippen molar-refractivity contribution in [2.75, 3.05) is 13.1 Å². The van der Waals surface area contributed by atoms with Crippen molar-refractivity contribution < 1.29 is 40.6 Å². The molecule has 0 saturated carbocycles. The number of nitrogens with zero attached hydrogens (tertiary/aromatic N) is 2. The van der Waals surface area contributed by atoms with Crippen LogP contribution in [-0.2, 0) is 4.74 Å². The fourth-order valence-electron chi connectivity index (χ4n) is 3.40. The van der Waals surface area contributed by atoms with E-state index < -0.39 is 46.0 Å². The van der Waals surface area contributed by atoms with Crippen molar-refractivity contribution in [2.45, 2.75) is 61.9 Å². The van der Waals surface area contributed by atoms with Gasteiger partial charge >= 0.3 is 18.0 Å². The first-order chi connectivity index (χ1) is 16.0. The number of benzene rings is 1. The topological polar surface area (TPSA) is 51.7 Å². The fraction of sp³-hybridized carbons (Fsp3) is 0.524. The second-order valence-corrected chi connectivity index (χ2v) is 11.5. The third-order valence-corrected chi connectivity index (χ3v) is 6.84. The van der Waals surface area contributed by atoms with Crippen molar-refractivity contribution in [1.82, 2.24) is 9.88 Å². The number of rotatable bonds is 4. The highest BCUT2D eigenvalue weighted by Gasteiger charge is 2.34. The van der Waals surface area contributed by atoms with Crippen LogP contribution in [0.25, 0.3) is 11.3 Å². The van der Waals surface area contributed by atoms with Gasteiger partial charge in [0.15, 0.2) is 0 Å². The van der Waals surface area contributed by atoms with E-state index in [1.54, 1.807) is 25.7 Å². The fourth-order valence-corrected chi connectivity index (χ4v) is 5.40. The number of hydrogen-bond acceptors (Lipinski definition) is 6. The number of carbonyl (C=O) groups excluding carboxylic acids is 1. The van der Waals surface area contributed by atoms with Gasteiger partial charge in [-0.25, -0.2) is 9.78 Å². The van der Waals surface area contributed by atoms with Crippen LogP contribution in [0.3, 0.4) is 0 Å². The summed E-state index contributed by atoms with van der Waals surface area (Å²) in [6.07, 6.45) is -4.41. The van der Waals surface area contributed by atoms with Crippen molar-refractivity contribution >= 4 is 40.8 Å². The van der Waals surface area contributed by atoms with Gasteiger partial charge in [0.25, 0.3) is 0 Å². The number of thioether (sulfide) groups is 1. The van der Waals surface area contributed by atoms with Crippen molar-refractivity contribution in [3.63, 3.8) is 0 Å². The number of carbonyl (C=O) groups is 1. The summed E-state index contributed by atoms with van der Waals surface area (Å²) in [5, 5.41) is 0.584. The van der Waals surface area contributed by atoms with Gasteiger partial charge in [-0.05, 0) is 63.6 Å². The van der Waals surface area contributed by atoms with Crippen LogP contribution in [0.4, 0.5) is 31.1 Å². The first-order valence-corrected chi connectivity index (χ1v) is 12.3. The molecule has 1 aliphatic heterocycles. The van der Waals surface area contributed by atoms with E-state index in [1.807, 2.05) is 0 Å². The lowest BCUT2D eigenvalue weighted by Crippen LogP contribution is -2.41. The zero-order valence-electron chi connectivity index (χ0n) is 18.7. The quantitative estimate of drug-likeness (QED) is 0.278. The molecular formula is C21H21ClF6N2O3S2. The predicted octanol–water partition coefficient (Wildman–Crippen LogP) is 8.09. The van der Waals surface area contributed by atoms with E-state index in [9.17, 15) is 31.1 Å². The van der Waals surface area contributed by atoms with Crippen molar-refractivity contribution in [3.05, 3.63) is 27.5 Å². The predicted molar refractivity (Wildman–Crippen MR) is 121 cm³/mol. The Bertz CT molecular complexity index is 1030. The molecule has 2 aromatic rings. The van der Waals surface area contributed by atoms with Crippen molar-refractivity contribution in [1.29, 1.82) is 0 Å². The molecule has 5 nitrogen and oxygen atoms in total. The maximum absolute atomic E-state index is 12.9. The molecule has 0 bridgehead atoms. The van der Waals surface area contributed by atoms with E-state index >= 15 is 0 Å². The van der Waals surface area contributed by atoms with E-state index in [0.717, 1.165) is 23.5 Å². The Balaban J connectivity index is 1.82. The molecule has 1 aromatic heterocycles. The van der Waals surface area contributed by atoms with Gasteiger partial charge in [-0.15, -0.1) is 24.5 Å². The zero-order valence-corrected chi connectivity index (χ0v) is 21.1. The number of amides is 1. The average molecular weight is 563 g/mol. The minimum Gasteiger partial charge on any atom is -0.444 e. The maximum Gasteiger partial charge on any atom is 0.573 e. The molecule has 3 rings (SSSR count). The summed E-state index contributed by atoms with van der Waals surface area (Å²) in [6.45, 7) is 6.12. The van der Waals surface area contributed by atoms with Crippen LogP contribution in [-0.4, -0.2) is 46.5 Å². The van der Waals surface area contributed by atoms with Crippen LogP contribution >= 0.6 is 34.7 Å². The van der Waals surface area contributed by atoms with E-state index in [2.05, 4.69) is 9.72 Å². The minimum absolute atomic E-state index is 0.0304. The molecule has 1 aromatic carbocycles. The summed E-state index contributed by atoms with van der Waals surface area (Å²) < 4.78 is 86.1. The molecule has 0 unspecified atom stereocenters. The van der Waals surface area contributed by atoms with Gasteiger partial charge in [0.1, 0.15) is 21.4 Å². The average Bonchev–Trinajstić information content (AvgIpc) is 3.05. The highest BCUT2D eigenvalue weighted by Crippen LogP contribution is 2.44. The molecule has 2 heterocycles. The van der Waals surface area contributed by atoms with Gasteiger partial charge in [0.2, 0.25) is 0 Å². The maximum atomic E-state index is 12.9. The van der Waals surface area contributed by atoms with E-state index in [4.69, 9.17) is 16.3 Å². The van der Waals surface area contributed by atoms with Gasteiger partial charge in [0.05, 0.1) is 5.01 Å². The van der Waals surface area contributed by atoms with Crippen LogP contribution < -0.4 is 4.74 Å². The molecule has 0 radical (unpaired) electrons. The first kappa shape index (κ1) is 27.7. The van der Waals surface area contributed by atoms with E-state index in [1.165, 1.54) is 0 Å². The molecule has 0 spiro atoms. The van der Waals surface area contributed by atoms with Crippen LogP contribution in [0.2, 0.25) is 4.34 Å². The summed E-state index contributed by atoms with van der Waals surface area (Å²) in [6, 6.07) is 2.67. The smallest absolute Gasteiger partial charge is 0.444 e. The number of thiazole rings is 1. The Morgan fingerprint density at radius 2 is 1.74 bits per heavy atom. The molecule has 194 valence electrons. The van der Waals surface area contributed by atoms with E-state index in [0.29, 0.717) is 37.0 Å². The lowest BCUT2D eigenvalue weighted by atomic mass is 9.98. The Morgan fingerprint density at radius 3 is 2.29 bits per heavy atom. The molecule has 1 fully saturated rings. The normalized spacial score (nSPS) is 15.9. The molecule has 0 aliphatic carbocycles. The summed E-state index contributed by atoms with van der Waals surface area (Å²) in [5.74, 6) is -0.887. The molecular weight excluding hydrogens is 542 g/mol. The Hall–Kier alpha value is -1.86. The van der Waals surface area contributed by atoms with Crippen LogP contribution in [0.15, 0.2) is 23.1 Å². The number of ether oxygens (including phenoxy) is 2. The third-order valence-electron chi connectivity index (χ3n) is 4.72. The lowest BCUT2D eigenvalue weighted by Gasteiger charge is -2.32. The second kappa shape index (κ2) is 10.3. The Morgan fingerprint density at radius 1 is 1.11 bits per heavy atom. The first-order valence-electron chi connectivity index (χ1n) is 10.3. The van der Waals surface area contributed by atoms with Gasteiger partial charge in [-0.3, -0.25) is 0 Å². The van der Waals surface area contributed by atoms with Crippen molar-refractivity contribution in [3.8, 4) is 17.0 Å².